The first-order valence-electron chi connectivity index (χ1n) is 8.01. The lowest BCUT2D eigenvalue weighted by molar-refractivity contribution is 0.322. The summed E-state index contributed by atoms with van der Waals surface area (Å²) in [7, 11) is 0. The molecule has 4 heteroatoms. The van der Waals surface area contributed by atoms with Gasteiger partial charge in [-0.2, -0.15) is 4.98 Å². The van der Waals surface area contributed by atoms with E-state index in [9.17, 15) is 0 Å². The lowest BCUT2D eigenvalue weighted by atomic mass is 9.77. The van der Waals surface area contributed by atoms with Crippen LogP contribution in [0.15, 0.2) is 28.8 Å². The molecule has 0 radical (unpaired) electrons. The van der Waals surface area contributed by atoms with E-state index in [1.807, 2.05) is 0 Å². The van der Waals surface area contributed by atoms with Crippen LogP contribution in [-0.2, 0) is 12.8 Å². The second kappa shape index (κ2) is 5.60. The molecule has 1 saturated heterocycles. The summed E-state index contributed by atoms with van der Waals surface area (Å²) in [5.41, 5.74) is 2.78. The lowest BCUT2D eigenvalue weighted by Gasteiger charge is -2.27. The van der Waals surface area contributed by atoms with Gasteiger partial charge < -0.3 is 9.84 Å². The van der Waals surface area contributed by atoms with Crippen LogP contribution < -0.4 is 5.32 Å². The van der Waals surface area contributed by atoms with Gasteiger partial charge in [-0.25, -0.2) is 0 Å². The topological polar surface area (TPSA) is 51.0 Å². The van der Waals surface area contributed by atoms with Crippen molar-refractivity contribution < 1.29 is 4.52 Å². The van der Waals surface area contributed by atoms with Crippen LogP contribution in [0.3, 0.4) is 0 Å². The standard InChI is InChI=1S/C17H21N3O/c1-2-4-14-13(3-1)11-15(14)17-19-16(21-20-17)6-5-12-7-9-18-10-8-12/h1-4,12,15,18H,5-11H2. The minimum absolute atomic E-state index is 0.345. The van der Waals surface area contributed by atoms with E-state index in [2.05, 4.69) is 39.7 Å². The van der Waals surface area contributed by atoms with Gasteiger partial charge in [0.15, 0.2) is 5.82 Å². The van der Waals surface area contributed by atoms with Crippen molar-refractivity contribution in [3.8, 4) is 0 Å². The van der Waals surface area contributed by atoms with Crippen molar-refractivity contribution in [3.63, 3.8) is 0 Å². The summed E-state index contributed by atoms with van der Waals surface area (Å²) >= 11 is 0. The SMILES string of the molecule is c1ccc2c(c1)CC2c1noc(CCC2CCNCC2)n1. The van der Waals surface area contributed by atoms with Gasteiger partial charge in [-0.15, -0.1) is 0 Å². The number of fused-ring (bicyclic) bond motifs is 1. The Bertz CT molecular complexity index is 616. The molecule has 2 aliphatic rings. The molecule has 1 unspecified atom stereocenters. The summed E-state index contributed by atoms with van der Waals surface area (Å²) in [5, 5.41) is 7.61. The van der Waals surface area contributed by atoms with Gasteiger partial charge in [-0.1, -0.05) is 29.4 Å². The lowest BCUT2D eigenvalue weighted by Crippen LogP contribution is -2.27. The van der Waals surface area contributed by atoms with Gasteiger partial charge in [-0.05, 0) is 55.8 Å². The van der Waals surface area contributed by atoms with Gasteiger partial charge in [0.25, 0.3) is 0 Å². The number of piperidine rings is 1. The van der Waals surface area contributed by atoms with Gasteiger partial charge in [0.05, 0.1) is 5.92 Å². The molecule has 110 valence electrons. The highest BCUT2D eigenvalue weighted by molar-refractivity contribution is 5.43. The zero-order chi connectivity index (χ0) is 14.1. The third kappa shape index (κ3) is 2.60. The van der Waals surface area contributed by atoms with Gasteiger partial charge in [0, 0.05) is 6.42 Å². The van der Waals surface area contributed by atoms with Gasteiger partial charge in [0.1, 0.15) is 0 Å². The Labute approximate surface area is 124 Å². The Kier molecular flexibility index (Phi) is 3.47. The third-order valence-electron chi connectivity index (χ3n) is 4.88. The van der Waals surface area contributed by atoms with Gasteiger partial charge in [0.2, 0.25) is 5.89 Å². The molecular weight excluding hydrogens is 262 g/mol. The Morgan fingerprint density at radius 3 is 2.90 bits per heavy atom. The highest BCUT2D eigenvalue weighted by atomic mass is 16.5. The van der Waals surface area contributed by atoms with Crippen LogP contribution in [0.4, 0.5) is 0 Å². The number of aromatic nitrogens is 2. The Balaban J connectivity index is 1.38. The summed E-state index contributed by atoms with van der Waals surface area (Å²) < 4.78 is 5.45. The smallest absolute Gasteiger partial charge is 0.226 e. The van der Waals surface area contributed by atoms with Crippen LogP contribution in [0, 0.1) is 5.92 Å². The normalized spacial score (nSPS) is 21.8. The Hall–Kier alpha value is -1.68. The highest BCUT2D eigenvalue weighted by Crippen LogP contribution is 2.38. The van der Waals surface area contributed by atoms with Crippen molar-refractivity contribution in [2.45, 2.75) is 38.0 Å². The van der Waals surface area contributed by atoms with E-state index >= 15 is 0 Å². The minimum Gasteiger partial charge on any atom is -0.339 e. The number of benzene rings is 1. The molecule has 21 heavy (non-hydrogen) atoms. The Morgan fingerprint density at radius 1 is 1.19 bits per heavy atom. The summed E-state index contributed by atoms with van der Waals surface area (Å²) in [6.45, 7) is 2.30. The van der Waals surface area contributed by atoms with E-state index in [1.54, 1.807) is 0 Å². The average molecular weight is 283 g/mol. The predicted molar refractivity (Wildman–Crippen MR) is 80.2 cm³/mol. The fourth-order valence-corrected chi connectivity index (χ4v) is 3.50. The predicted octanol–water partition coefficient (Wildman–Crippen LogP) is 2.69. The molecule has 4 nitrogen and oxygen atoms in total. The summed E-state index contributed by atoms with van der Waals surface area (Å²) in [5.74, 6) is 2.84. The number of nitrogens with one attached hydrogen (secondary N) is 1. The zero-order valence-corrected chi connectivity index (χ0v) is 12.2. The molecule has 1 aromatic carbocycles. The van der Waals surface area contributed by atoms with Crippen molar-refractivity contribution in [1.82, 2.24) is 15.5 Å². The monoisotopic (exact) mass is 283 g/mol. The minimum atomic E-state index is 0.345. The fraction of sp³-hybridized carbons (Fsp3) is 0.529. The third-order valence-corrected chi connectivity index (χ3v) is 4.88. The van der Waals surface area contributed by atoms with Crippen molar-refractivity contribution in [1.29, 1.82) is 0 Å². The second-order valence-corrected chi connectivity index (χ2v) is 6.23. The molecule has 1 fully saturated rings. The van der Waals surface area contributed by atoms with Crippen molar-refractivity contribution in [2.75, 3.05) is 13.1 Å². The molecule has 1 N–H and O–H groups in total. The largest absolute Gasteiger partial charge is 0.339 e. The molecule has 1 aliphatic heterocycles. The van der Waals surface area contributed by atoms with Crippen LogP contribution in [0.25, 0.3) is 0 Å². The number of nitrogens with zero attached hydrogens (tertiary/aromatic N) is 2. The van der Waals surface area contributed by atoms with Crippen molar-refractivity contribution in [2.24, 2.45) is 5.92 Å². The summed E-state index contributed by atoms with van der Waals surface area (Å²) in [6.07, 6.45) is 5.69. The first kappa shape index (κ1) is 13.0. The Morgan fingerprint density at radius 2 is 2.05 bits per heavy atom. The number of hydrogen-bond acceptors (Lipinski definition) is 4. The van der Waals surface area contributed by atoms with E-state index in [0.29, 0.717) is 5.92 Å². The van der Waals surface area contributed by atoms with Crippen molar-refractivity contribution >= 4 is 0 Å². The van der Waals surface area contributed by atoms with Crippen molar-refractivity contribution in [3.05, 3.63) is 47.1 Å². The van der Waals surface area contributed by atoms with Crippen LogP contribution in [0.1, 0.15) is 48.0 Å². The number of hydrogen-bond donors (Lipinski definition) is 1. The van der Waals surface area contributed by atoms with E-state index in [4.69, 9.17) is 4.52 Å². The molecule has 1 aromatic heterocycles. The van der Waals surface area contributed by atoms with Gasteiger partial charge in [-0.3, -0.25) is 0 Å². The highest BCUT2D eigenvalue weighted by Gasteiger charge is 2.30. The van der Waals surface area contributed by atoms with Crippen LogP contribution in [0.5, 0.6) is 0 Å². The van der Waals surface area contributed by atoms with E-state index in [-0.39, 0.29) is 0 Å². The molecule has 0 spiro atoms. The summed E-state index contributed by atoms with van der Waals surface area (Å²) in [4.78, 5) is 4.62. The number of aryl methyl sites for hydroxylation is 1. The molecular formula is C17H21N3O. The molecule has 1 atom stereocenters. The summed E-state index contributed by atoms with van der Waals surface area (Å²) in [6, 6.07) is 8.54. The van der Waals surface area contributed by atoms with E-state index < -0.39 is 0 Å². The molecule has 2 heterocycles. The van der Waals surface area contributed by atoms with Crippen LogP contribution >= 0.6 is 0 Å². The zero-order valence-electron chi connectivity index (χ0n) is 12.2. The molecule has 2 aromatic rings. The van der Waals surface area contributed by atoms with E-state index in [0.717, 1.165) is 43.6 Å². The first-order valence-corrected chi connectivity index (χ1v) is 8.01. The molecule has 0 amide bonds. The van der Waals surface area contributed by atoms with E-state index in [1.165, 1.54) is 30.4 Å². The molecule has 0 bridgehead atoms. The number of rotatable bonds is 4. The van der Waals surface area contributed by atoms with Crippen LogP contribution in [-0.4, -0.2) is 23.2 Å². The molecule has 0 saturated carbocycles. The van der Waals surface area contributed by atoms with Gasteiger partial charge >= 0.3 is 0 Å². The maximum atomic E-state index is 5.45. The molecule has 4 rings (SSSR count). The van der Waals surface area contributed by atoms with Crippen LogP contribution in [0.2, 0.25) is 0 Å². The quantitative estimate of drug-likeness (QED) is 0.937. The fourth-order valence-electron chi connectivity index (χ4n) is 3.50. The maximum absolute atomic E-state index is 5.45. The maximum Gasteiger partial charge on any atom is 0.226 e. The first-order chi connectivity index (χ1) is 10.4. The second-order valence-electron chi connectivity index (χ2n) is 6.23. The molecule has 1 aliphatic carbocycles. The average Bonchev–Trinajstić information content (AvgIpc) is 2.96.